The van der Waals surface area contributed by atoms with Crippen molar-refractivity contribution in [3.8, 4) is 0 Å². The molecule has 0 aliphatic carbocycles. The molecule has 1 amide bonds. The molecule has 1 aromatic carbocycles. The molecule has 0 fully saturated rings. The van der Waals surface area contributed by atoms with Crippen LogP contribution in [0.4, 0.5) is 8.78 Å². The van der Waals surface area contributed by atoms with Crippen molar-refractivity contribution in [2.75, 3.05) is 19.3 Å². The van der Waals surface area contributed by atoms with Gasteiger partial charge in [-0.1, -0.05) is 6.07 Å². The smallest absolute Gasteiger partial charge is 0.244 e. The molecule has 5 nitrogen and oxygen atoms in total. The molecule has 0 aromatic heterocycles. The fourth-order valence-corrected chi connectivity index (χ4v) is 1.78. The van der Waals surface area contributed by atoms with Gasteiger partial charge >= 0.3 is 0 Å². The summed E-state index contributed by atoms with van der Waals surface area (Å²) < 4.78 is 50.1. The first kappa shape index (κ1) is 16.3. The zero-order valence-electron chi connectivity index (χ0n) is 10.7. The minimum atomic E-state index is -3.31. The van der Waals surface area contributed by atoms with E-state index in [9.17, 15) is 22.0 Å². The highest BCUT2D eigenvalue weighted by atomic mass is 32.2. The Bertz CT molecular complexity index is 595. The first-order valence-electron chi connectivity index (χ1n) is 5.64. The molecule has 0 radical (unpaired) electrons. The molecule has 0 aliphatic rings. The van der Waals surface area contributed by atoms with Gasteiger partial charge in [0.1, 0.15) is 11.6 Å². The van der Waals surface area contributed by atoms with Gasteiger partial charge in [0.05, 0.1) is 6.26 Å². The van der Waals surface area contributed by atoms with E-state index in [4.69, 9.17) is 0 Å². The topological polar surface area (TPSA) is 75.3 Å². The monoisotopic (exact) mass is 304 g/mol. The van der Waals surface area contributed by atoms with Gasteiger partial charge in [0.2, 0.25) is 15.9 Å². The lowest BCUT2D eigenvalue weighted by Crippen LogP contribution is -2.33. The van der Waals surface area contributed by atoms with Gasteiger partial charge < -0.3 is 5.32 Å². The molecule has 0 atom stereocenters. The zero-order chi connectivity index (χ0) is 15.2. The van der Waals surface area contributed by atoms with E-state index < -0.39 is 27.6 Å². The number of hydrogen-bond acceptors (Lipinski definition) is 3. The average Bonchev–Trinajstić information content (AvgIpc) is 2.33. The van der Waals surface area contributed by atoms with Crippen LogP contribution >= 0.6 is 0 Å². The molecule has 20 heavy (non-hydrogen) atoms. The molecular weight excluding hydrogens is 290 g/mol. The van der Waals surface area contributed by atoms with E-state index in [-0.39, 0.29) is 18.7 Å². The Kier molecular flexibility index (Phi) is 5.78. The third kappa shape index (κ3) is 5.89. The molecule has 0 aliphatic heterocycles. The number of nitrogens with one attached hydrogen (secondary N) is 2. The number of rotatable bonds is 6. The molecule has 1 aromatic rings. The lowest BCUT2D eigenvalue weighted by molar-refractivity contribution is -0.116. The van der Waals surface area contributed by atoms with E-state index in [0.717, 1.165) is 30.5 Å². The van der Waals surface area contributed by atoms with Gasteiger partial charge in [-0.05, 0) is 18.2 Å². The van der Waals surface area contributed by atoms with Gasteiger partial charge in [0.25, 0.3) is 0 Å². The van der Waals surface area contributed by atoms with Crippen LogP contribution in [0.2, 0.25) is 0 Å². The largest absolute Gasteiger partial charge is 0.351 e. The predicted octanol–water partition coefficient (Wildman–Crippen LogP) is 0.643. The summed E-state index contributed by atoms with van der Waals surface area (Å²) in [6, 6.07) is 3.38. The second-order valence-electron chi connectivity index (χ2n) is 3.93. The van der Waals surface area contributed by atoms with Crippen LogP contribution in [0.1, 0.15) is 5.56 Å². The second kappa shape index (κ2) is 7.11. The Balaban J connectivity index is 2.48. The van der Waals surface area contributed by atoms with E-state index in [1.807, 2.05) is 0 Å². The van der Waals surface area contributed by atoms with Gasteiger partial charge in [0.15, 0.2) is 0 Å². The van der Waals surface area contributed by atoms with Crippen molar-refractivity contribution < 1.29 is 22.0 Å². The highest BCUT2D eigenvalue weighted by Crippen LogP contribution is 2.13. The van der Waals surface area contributed by atoms with Crippen molar-refractivity contribution in [3.63, 3.8) is 0 Å². The van der Waals surface area contributed by atoms with Gasteiger partial charge in [-0.3, -0.25) is 4.79 Å². The van der Waals surface area contributed by atoms with Crippen LogP contribution in [0.25, 0.3) is 6.08 Å². The van der Waals surface area contributed by atoms with Gasteiger partial charge in [-0.2, -0.15) is 0 Å². The maximum Gasteiger partial charge on any atom is 0.244 e. The number of amides is 1. The van der Waals surface area contributed by atoms with Crippen LogP contribution in [0.15, 0.2) is 24.3 Å². The Labute approximate surface area is 115 Å². The third-order valence-corrected chi connectivity index (χ3v) is 2.92. The fraction of sp³-hybridized carbons (Fsp3) is 0.250. The van der Waals surface area contributed by atoms with E-state index >= 15 is 0 Å². The van der Waals surface area contributed by atoms with E-state index in [1.54, 1.807) is 0 Å². The SMILES string of the molecule is CS(=O)(=O)NCCNC(=O)/C=C\c1c(F)cccc1F. The van der Waals surface area contributed by atoms with E-state index in [2.05, 4.69) is 10.0 Å². The Morgan fingerprint density at radius 3 is 2.40 bits per heavy atom. The van der Waals surface area contributed by atoms with E-state index in [0.29, 0.717) is 0 Å². The number of carbonyl (C=O) groups is 1. The van der Waals surface area contributed by atoms with Gasteiger partial charge in [0, 0.05) is 24.7 Å². The van der Waals surface area contributed by atoms with Crippen LogP contribution in [0.3, 0.4) is 0 Å². The first-order chi connectivity index (χ1) is 9.29. The van der Waals surface area contributed by atoms with E-state index in [1.165, 1.54) is 6.07 Å². The number of carbonyl (C=O) groups excluding carboxylic acids is 1. The molecule has 2 N–H and O–H groups in total. The maximum atomic E-state index is 13.2. The van der Waals surface area contributed by atoms with Crippen LogP contribution in [-0.4, -0.2) is 33.7 Å². The molecule has 0 unspecified atom stereocenters. The Morgan fingerprint density at radius 2 is 1.85 bits per heavy atom. The van der Waals surface area contributed by atoms with Crippen LogP contribution < -0.4 is 10.0 Å². The van der Waals surface area contributed by atoms with Crippen LogP contribution in [-0.2, 0) is 14.8 Å². The van der Waals surface area contributed by atoms with Crippen molar-refractivity contribution in [3.05, 3.63) is 41.5 Å². The lowest BCUT2D eigenvalue weighted by Gasteiger charge is -2.03. The maximum absolute atomic E-state index is 13.2. The van der Waals surface area contributed by atoms with Crippen molar-refractivity contribution in [1.82, 2.24) is 10.0 Å². The van der Waals surface area contributed by atoms with Crippen molar-refractivity contribution in [2.24, 2.45) is 0 Å². The minimum Gasteiger partial charge on any atom is -0.351 e. The Morgan fingerprint density at radius 1 is 1.25 bits per heavy atom. The first-order valence-corrected chi connectivity index (χ1v) is 7.53. The number of hydrogen-bond donors (Lipinski definition) is 2. The molecule has 0 bridgehead atoms. The highest BCUT2D eigenvalue weighted by Gasteiger charge is 2.05. The molecule has 0 heterocycles. The van der Waals surface area contributed by atoms with Crippen molar-refractivity contribution in [2.45, 2.75) is 0 Å². The zero-order valence-corrected chi connectivity index (χ0v) is 11.5. The summed E-state index contributed by atoms with van der Waals surface area (Å²) in [5.74, 6) is -2.12. The van der Waals surface area contributed by atoms with Gasteiger partial charge in [-0.15, -0.1) is 0 Å². The number of sulfonamides is 1. The van der Waals surface area contributed by atoms with Crippen molar-refractivity contribution in [1.29, 1.82) is 0 Å². The summed E-state index contributed by atoms with van der Waals surface area (Å²) in [4.78, 5) is 11.3. The standard InChI is InChI=1S/C12H14F2N2O3S/c1-20(18,19)16-8-7-15-12(17)6-5-9-10(13)3-2-4-11(9)14/h2-6,16H,7-8H2,1H3,(H,15,17)/b6-5-. The summed E-state index contributed by atoms with van der Waals surface area (Å²) >= 11 is 0. The van der Waals surface area contributed by atoms with Crippen LogP contribution in [0.5, 0.6) is 0 Å². The summed E-state index contributed by atoms with van der Waals surface area (Å²) in [6.07, 6.45) is 2.99. The van der Waals surface area contributed by atoms with Crippen molar-refractivity contribution >= 4 is 22.0 Å². The highest BCUT2D eigenvalue weighted by molar-refractivity contribution is 7.88. The molecule has 0 saturated heterocycles. The fourth-order valence-electron chi connectivity index (χ4n) is 1.31. The summed E-state index contributed by atoms with van der Waals surface area (Å²) in [5, 5.41) is 2.37. The minimum absolute atomic E-state index is 0.0342. The molecule has 0 saturated carbocycles. The lowest BCUT2D eigenvalue weighted by atomic mass is 10.2. The summed E-state index contributed by atoms with van der Waals surface area (Å²) in [5.41, 5.74) is -0.308. The normalized spacial score (nSPS) is 11.8. The summed E-state index contributed by atoms with van der Waals surface area (Å²) in [6.45, 7) is 0.0997. The molecule has 1 rings (SSSR count). The Hall–Kier alpha value is -1.80. The average molecular weight is 304 g/mol. The third-order valence-electron chi connectivity index (χ3n) is 2.19. The summed E-state index contributed by atoms with van der Waals surface area (Å²) in [7, 11) is -3.31. The quantitative estimate of drug-likeness (QED) is 0.598. The predicted molar refractivity (Wildman–Crippen MR) is 71.2 cm³/mol. The van der Waals surface area contributed by atoms with Gasteiger partial charge in [-0.25, -0.2) is 21.9 Å². The molecule has 0 spiro atoms. The molecule has 8 heteroatoms. The second-order valence-corrected chi connectivity index (χ2v) is 5.76. The number of benzene rings is 1. The number of halogens is 2. The van der Waals surface area contributed by atoms with Crippen LogP contribution in [0, 0.1) is 11.6 Å². The molecule has 110 valence electrons. The molecular formula is C12H14F2N2O3S.